The molecule has 0 saturated heterocycles. The highest BCUT2D eigenvalue weighted by Gasteiger charge is 2.24. The lowest BCUT2D eigenvalue weighted by atomic mass is 10.1. The summed E-state index contributed by atoms with van der Waals surface area (Å²) in [6, 6.07) is 0. The van der Waals surface area contributed by atoms with Gasteiger partial charge in [-0.2, -0.15) is 0 Å². The largest absolute Gasteiger partial charge is 0.466 e. The van der Waals surface area contributed by atoms with Gasteiger partial charge in [-0.1, -0.05) is 259 Å². The van der Waals surface area contributed by atoms with Gasteiger partial charge >= 0.3 is 17.9 Å². The number of carbonyl (C=O) groups is 3. The highest BCUT2D eigenvalue weighted by molar-refractivity contribution is 5.70. The molecule has 0 rings (SSSR count). The maximum atomic E-state index is 12.4. The Morgan fingerprint density at radius 3 is 0.729 bits per heavy atom. The molecular weight excluding hydrogens is 869 g/mol. The summed E-state index contributed by atoms with van der Waals surface area (Å²) < 4.78 is 18.1. The molecule has 0 aromatic rings. The molecule has 0 aliphatic heterocycles. The third-order valence-corrected chi connectivity index (χ3v) is 14.6. The number of ether oxygens (including phenoxy) is 3. The minimum Gasteiger partial charge on any atom is -0.466 e. The van der Waals surface area contributed by atoms with E-state index in [1.165, 1.54) is 212 Å². The summed E-state index contributed by atoms with van der Waals surface area (Å²) in [7, 11) is 6.58. The van der Waals surface area contributed by atoms with E-state index in [1.54, 1.807) is 0 Å². The van der Waals surface area contributed by atoms with E-state index in [0.717, 1.165) is 86.6 Å². The van der Waals surface area contributed by atoms with E-state index < -0.39 is 0 Å². The molecule has 70 heavy (non-hydrogen) atoms. The highest BCUT2D eigenvalue weighted by atomic mass is 16.5. The van der Waals surface area contributed by atoms with Crippen LogP contribution in [0.15, 0.2) is 0 Å². The van der Waals surface area contributed by atoms with Crippen LogP contribution in [0.5, 0.6) is 0 Å². The normalized spacial score (nSPS) is 11.7. The highest BCUT2D eigenvalue weighted by Crippen LogP contribution is 2.16. The number of carbonyl (C=O) groups excluding carboxylic acids is 3. The summed E-state index contributed by atoms with van der Waals surface area (Å²) in [5.41, 5.74) is 0. The van der Waals surface area contributed by atoms with Crippen molar-refractivity contribution in [3.63, 3.8) is 0 Å². The minimum atomic E-state index is -0.0940. The molecule has 0 aromatic heterocycles. The number of hydrogen-bond donors (Lipinski definition) is 0. The fraction of sp³-hybridized carbons (Fsp3) is 0.952. The van der Waals surface area contributed by atoms with Gasteiger partial charge < -0.3 is 23.2 Å². The average Bonchev–Trinajstić information content (AvgIpc) is 3.35. The van der Waals surface area contributed by atoms with Gasteiger partial charge in [-0.25, -0.2) is 0 Å². The van der Waals surface area contributed by atoms with Crippen molar-refractivity contribution >= 4 is 17.9 Å². The molecule has 418 valence electrons. The summed E-state index contributed by atoms with van der Waals surface area (Å²) in [5.74, 6) is -0.206. The lowest BCUT2D eigenvalue weighted by Crippen LogP contribution is -2.47. The second-order valence-electron chi connectivity index (χ2n) is 22.5. The van der Waals surface area contributed by atoms with Crippen LogP contribution in [0.3, 0.4) is 0 Å². The van der Waals surface area contributed by atoms with E-state index in [4.69, 9.17) is 14.2 Å². The smallest absolute Gasteiger partial charge is 0.311 e. The maximum Gasteiger partial charge on any atom is 0.311 e. The molecule has 0 atom stereocenters. The fourth-order valence-electron chi connectivity index (χ4n) is 9.29. The molecule has 0 aliphatic rings. The van der Waals surface area contributed by atoms with Crippen LogP contribution in [0.4, 0.5) is 0 Å². The predicted molar refractivity (Wildman–Crippen MR) is 302 cm³/mol. The summed E-state index contributed by atoms with van der Waals surface area (Å²) >= 11 is 0. The monoisotopic (exact) mass is 995 g/mol. The van der Waals surface area contributed by atoms with Crippen molar-refractivity contribution in [2.45, 2.75) is 311 Å². The molecule has 0 bridgehead atoms. The number of rotatable bonds is 54. The van der Waals surface area contributed by atoms with Gasteiger partial charge in [-0.05, 0) is 32.1 Å². The standard InChI is InChI=1S/C39H78NO4.C23H48NO2/c1-5-8-11-13-15-17-19-21-23-25-27-29-36-43-38(41)31-34-40(4,33-10-7-3)35-32-39(42)44-37-30-28-26-24-22-20-18-16-14-12-9-6-2;1-5-7-9-10-11-12-13-14-15-16-17-18-22-26-23(25)19-21-24(3,4)20-8-6-2/h5-37H2,1-4H3;5-22H2,1-4H3/q2*+1. The van der Waals surface area contributed by atoms with Crippen molar-refractivity contribution in [2.24, 2.45) is 0 Å². The van der Waals surface area contributed by atoms with Crippen LogP contribution in [0.25, 0.3) is 0 Å². The van der Waals surface area contributed by atoms with E-state index >= 15 is 0 Å². The van der Waals surface area contributed by atoms with Crippen molar-refractivity contribution in [3.8, 4) is 0 Å². The van der Waals surface area contributed by atoms with Crippen molar-refractivity contribution < 1.29 is 37.6 Å². The number of hydrogen-bond acceptors (Lipinski definition) is 6. The maximum absolute atomic E-state index is 12.4. The van der Waals surface area contributed by atoms with Crippen LogP contribution in [0.1, 0.15) is 311 Å². The van der Waals surface area contributed by atoms with Gasteiger partial charge in [-0.3, -0.25) is 14.4 Å². The topological polar surface area (TPSA) is 78.9 Å². The quantitative estimate of drug-likeness (QED) is 0.0261. The van der Waals surface area contributed by atoms with E-state index in [9.17, 15) is 14.4 Å². The first-order valence-electron chi connectivity index (χ1n) is 31.1. The summed E-state index contributed by atoms with van der Waals surface area (Å²) in [5, 5.41) is 0. The molecule has 0 saturated carbocycles. The van der Waals surface area contributed by atoms with Crippen LogP contribution in [-0.2, 0) is 28.6 Å². The average molecular weight is 996 g/mol. The molecule has 0 spiro atoms. The Balaban J connectivity index is 0. The molecule has 8 nitrogen and oxygen atoms in total. The minimum absolute atomic E-state index is 0.0178. The second kappa shape index (κ2) is 55.1. The lowest BCUT2D eigenvalue weighted by molar-refractivity contribution is -0.908. The Morgan fingerprint density at radius 2 is 0.471 bits per heavy atom. The van der Waals surface area contributed by atoms with Crippen LogP contribution < -0.4 is 0 Å². The molecule has 0 heterocycles. The van der Waals surface area contributed by atoms with Crippen molar-refractivity contribution in [1.82, 2.24) is 0 Å². The second-order valence-corrected chi connectivity index (χ2v) is 22.5. The van der Waals surface area contributed by atoms with Crippen LogP contribution in [0.2, 0.25) is 0 Å². The molecule has 0 N–H and O–H groups in total. The Hall–Kier alpha value is -1.67. The first-order valence-corrected chi connectivity index (χ1v) is 31.1. The zero-order valence-corrected chi connectivity index (χ0v) is 48.9. The van der Waals surface area contributed by atoms with Gasteiger partial charge in [0.25, 0.3) is 0 Å². The number of unbranched alkanes of at least 4 members (excludes halogenated alkanes) is 35. The zero-order valence-electron chi connectivity index (χ0n) is 48.9. The Kier molecular flexibility index (Phi) is 55.4. The molecule has 0 aliphatic carbocycles. The number of nitrogens with zero attached hydrogens (tertiary/aromatic N) is 2. The zero-order chi connectivity index (χ0) is 51.9. The van der Waals surface area contributed by atoms with E-state index in [2.05, 4.69) is 55.8 Å². The number of esters is 3. The van der Waals surface area contributed by atoms with Crippen molar-refractivity contribution in [2.75, 3.05) is 73.7 Å². The predicted octanol–water partition coefficient (Wildman–Crippen LogP) is 18.0. The molecule has 0 fully saturated rings. The SMILES string of the molecule is CCCCCCCCCCCCCCOC(=O)CC[N+](C)(C)CCCC.CCCCCCCCCCCCCCOC(=O)CC[N+](C)(CCCC)CCC(=O)OCCCCCCCCCCCCCC. The third-order valence-electron chi connectivity index (χ3n) is 14.6. The van der Waals surface area contributed by atoms with Gasteiger partial charge in [0.05, 0.1) is 92.9 Å². The Morgan fingerprint density at radius 1 is 0.257 bits per heavy atom. The summed E-state index contributed by atoms with van der Waals surface area (Å²) in [6.45, 7) is 17.4. The molecule has 8 heteroatoms. The molecule has 0 radical (unpaired) electrons. The molecule has 0 unspecified atom stereocenters. The van der Waals surface area contributed by atoms with Gasteiger partial charge in [-0.15, -0.1) is 0 Å². The van der Waals surface area contributed by atoms with Gasteiger partial charge in [0.1, 0.15) is 0 Å². The van der Waals surface area contributed by atoms with Crippen LogP contribution in [0, 0.1) is 0 Å². The molecular formula is C62H126N2O6+2. The summed E-state index contributed by atoms with van der Waals surface area (Å²) in [4.78, 5) is 36.7. The Bertz CT molecular complexity index is 1050. The van der Waals surface area contributed by atoms with Gasteiger partial charge in [0, 0.05) is 0 Å². The van der Waals surface area contributed by atoms with Crippen molar-refractivity contribution in [1.29, 1.82) is 0 Å². The van der Waals surface area contributed by atoms with E-state index in [0.29, 0.717) is 39.1 Å². The third kappa shape index (κ3) is 55.6. The summed E-state index contributed by atoms with van der Waals surface area (Å²) in [6.07, 6.45) is 53.4. The van der Waals surface area contributed by atoms with Crippen LogP contribution in [-0.4, -0.2) is 101 Å². The Labute approximate surface area is 438 Å². The van der Waals surface area contributed by atoms with E-state index in [-0.39, 0.29) is 17.9 Å². The van der Waals surface area contributed by atoms with Gasteiger partial charge in [0.2, 0.25) is 0 Å². The molecule has 0 amide bonds. The van der Waals surface area contributed by atoms with E-state index in [1.807, 2.05) is 0 Å². The van der Waals surface area contributed by atoms with Crippen LogP contribution >= 0.6 is 0 Å². The number of quaternary nitrogens is 2. The first kappa shape index (κ1) is 70.4. The van der Waals surface area contributed by atoms with Gasteiger partial charge in [0.15, 0.2) is 0 Å². The molecule has 0 aromatic carbocycles. The lowest BCUT2D eigenvalue weighted by Gasteiger charge is -2.34. The van der Waals surface area contributed by atoms with Crippen molar-refractivity contribution in [3.05, 3.63) is 0 Å². The fourth-order valence-corrected chi connectivity index (χ4v) is 9.29. The first-order chi connectivity index (χ1) is 34.0.